The molecule has 0 saturated heterocycles. The molecule has 0 saturated carbocycles. The maximum atomic E-state index is 5.85. The van der Waals surface area contributed by atoms with E-state index in [-0.39, 0.29) is 0 Å². The van der Waals surface area contributed by atoms with Crippen molar-refractivity contribution < 1.29 is 4.74 Å². The van der Waals surface area contributed by atoms with E-state index < -0.39 is 0 Å². The van der Waals surface area contributed by atoms with E-state index in [0.717, 1.165) is 18.0 Å². The van der Waals surface area contributed by atoms with E-state index in [1.807, 2.05) is 26.2 Å². The predicted molar refractivity (Wildman–Crippen MR) is 69.8 cm³/mol. The number of ether oxygens (including phenoxy) is 1. The Labute approximate surface area is 106 Å². The van der Waals surface area contributed by atoms with E-state index in [1.54, 1.807) is 17.1 Å². The average molecular weight is 247 g/mol. The van der Waals surface area contributed by atoms with Crippen LogP contribution in [-0.2, 0) is 0 Å². The van der Waals surface area contributed by atoms with Crippen LogP contribution in [0, 0.1) is 0 Å². The molecule has 2 N–H and O–H groups in total. The quantitative estimate of drug-likeness (QED) is 0.791. The summed E-state index contributed by atoms with van der Waals surface area (Å²) in [6, 6.07) is 5.52. The molecule has 0 aliphatic rings. The Balaban J connectivity index is 2.12. The van der Waals surface area contributed by atoms with Crippen molar-refractivity contribution in [1.82, 2.24) is 19.7 Å². The van der Waals surface area contributed by atoms with Crippen LogP contribution in [0.2, 0.25) is 0 Å². The van der Waals surface area contributed by atoms with Crippen molar-refractivity contribution in [2.24, 2.45) is 0 Å². The number of hydrogen-bond acceptors (Lipinski definition) is 5. The summed E-state index contributed by atoms with van der Waals surface area (Å²) >= 11 is 0. The highest BCUT2D eigenvalue weighted by molar-refractivity contribution is 5.53. The number of aromatic nitrogens is 3. The second-order valence-corrected chi connectivity index (χ2v) is 4.25. The first-order valence-electron chi connectivity index (χ1n) is 5.68. The molecule has 6 heteroatoms. The molecule has 0 aliphatic heterocycles. The Kier molecular flexibility index (Phi) is 3.78. The van der Waals surface area contributed by atoms with Gasteiger partial charge >= 0.3 is 0 Å². The van der Waals surface area contributed by atoms with E-state index in [1.165, 1.54) is 6.33 Å². The third-order valence-electron chi connectivity index (χ3n) is 2.40. The maximum Gasteiger partial charge on any atom is 0.138 e. The first-order valence-corrected chi connectivity index (χ1v) is 5.68. The summed E-state index contributed by atoms with van der Waals surface area (Å²) in [5.74, 6) is 0.738. The Morgan fingerprint density at radius 3 is 2.83 bits per heavy atom. The summed E-state index contributed by atoms with van der Waals surface area (Å²) in [7, 11) is 4.01. The lowest BCUT2D eigenvalue weighted by Gasteiger charge is -2.12. The monoisotopic (exact) mass is 247 g/mol. The number of rotatable bonds is 5. The molecule has 0 spiro atoms. The van der Waals surface area contributed by atoms with E-state index in [9.17, 15) is 0 Å². The van der Waals surface area contributed by atoms with Crippen LogP contribution in [-0.4, -0.2) is 46.9 Å². The van der Waals surface area contributed by atoms with Crippen molar-refractivity contribution in [2.45, 2.75) is 0 Å². The van der Waals surface area contributed by atoms with Crippen LogP contribution in [0.25, 0.3) is 5.69 Å². The third-order valence-corrected chi connectivity index (χ3v) is 2.40. The molecule has 1 heterocycles. The van der Waals surface area contributed by atoms with Gasteiger partial charge in [-0.05, 0) is 20.2 Å². The minimum absolute atomic E-state index is 0.618. The number of nitrogen functional groups attached to an aromatic ring is 1. The van der Waals surface area contributed by atoms with Gasteiger partial charge in [0.25, 0.3) is 0 Å². The fraction of sp³-hybridized carbons (Fsp3) is 0.333. The summed E-state index contributed by atoms with van der Waals surface area (Å²) in [5, 5.41) is 4.06. The zero-order valence-corrected chi connectivity index (χ0v) is 10.6. The first-order chi connectivity index (χ1) is 8.65. The Hall–Kier alpha value is -2.08. The van der Waals surface area contributed by atoms with Gasteiger partial charge in [0.2, 0.25) is 0 Å². The van der Waals surface area contributed by atoms with Gasteiger partial charge < -0.3 is 15.4 Å². The highest BCUT2D eigenvalue weighted by Gasteiger charge is 2.03. The van der Waals surface area contributed by atoms with Crippen LogP contribution >= 0.6 is 0 Å². The number of hydrogen-bond donors (Lipinski definition) is 1. The summed E-state index contributed by atoms with van der Waals surface area (Å²) in [4.78, 5) is 5.97. The number of likely N-dealkylation sites (N-methyl/N-ethyl adjacent to an activating group) is 1. The summed E-state index contributed by atoms with van der Waals surface area (Å²) in [5.41, 5.74) is 7.33. The number of nitrogens with two attached hydrogens (primary N) is 1. The Bertz CT molecular complexity index is 495. The molecule has 1 aromatic heterocycles. The minimum atomic E-state index is 0.618. The van der Waals surface area contributed by atoms with Crippen molar-refractivity contribution in [1.29, 1.82) is 0 Å². The van der Waals surface area contributed by atoms with E-state index >= 15 is 0 Å². The first kappa shape index (κ1) is 12.4. The molecule has 0 bridgehead atoms. The molecular weight excluding hydrogens is 230 g/mol. The number of anilines is 1. The molecular formula is C12H17N5O. The minimum Gasteiger partial charge on any atom is -0.492 e. The van der Waals surface area contributed by atoms with Gasteiger partial charge in [-0.3, -0.25) is 0 Å². The van der Waals surface area contributed by atoms with Crippen molar-refractivity contribution in [2.75, 3.05) is 33.0 Å². The van der Waals surface area contributed by atoms with Crippen LogP contribution in [0.3, 0.4) is 0 Å². The molecule has 0 amide bonds. The Morgan fingerprint density at radius 1 is 1.33 bits per heavy atom. The molecule has 0 fully saturated rings. The van der Waals surface area contributed by atoms with Gasteiger partial charge in [-0.2, -0.15) is 5.10 Å². The van der Waals surface area contributed by atoms with E-state index in [0.29, 0.717) is 12.3 Å². The molecule has 0 radical (unpaired) electrons. The zero-order valence-electron chi connectivity index (χ0n) is 10.6. The van der Waals surface area contributed by atoms with Crippen LogP contribution < -0.4 is 10.5 Å². The molecule has 0 atom stereocenters. The van der Waals surface area contributed by atoms with Gasteiger partial charge in [-0.25, -0.2) is 9.67 Å². The highest BCUT2D eigenvalue weighted by Crippen LogP contribution is 2.21. The Morgan fingerprint density at radius 2 is 2.17 bits per heavy atom. The van der Waals surface area contributed by atoms with Crippen LogP contribution in [0.15, 0.2) is 30.9 Å². The summed E-state index contributed by atoms with van der Waals surface area (Å²) < 4.78 is 7.30. The number of nitrogens with zero attached hydrogens (tertiary/aromatic N) is 4. The second-order valence-electron chi connectivity index (χ2n) is 4.25. The van der Waals surface area contributed by atoms with Crippen LogP contribution in [0.1, 0.15) is 0 Å². The van der Waals surface area contributed by atoms with Gasteiger partial charge in [0.05, 0.1) is 5.69 Å². The van der Waals surface area contributed by atoms with Gasteiger partial charge in [0.1, 0.15) is 25.0 Å². The molecule has 0 aliphatic carbocycles. The lowest BCUT2D eigenvalue weighted by molar-refractivity contribution is 0.261. The predicted octanol–water partition coefficient (Wildman–Crippen LogP) is 0.790. The molecule has 6 nitrogen and oxygen atoms in total. The third kappa shape index (κ3) is 3.21. The van der Waals surface area contributed by atoms with Crippen molar-refractivity contribution in [3.63, 3.8) is 0 Å². The smallest absolute Gasteiger partial charge is 0.138 e. The lowest BCUT2D eigenvalue weighted by Crippen LogP contribution is -2.19. The molecule has 2 rings (SSSR count). The van der Waals surface area contributed by atoms with Crippen LogP contribution in [0.5, 0.6) is 5.75 Å². The van der Waals surface area contributed by atoms with Crippen molar-refractivity contribution >= 4 is 5.69 Å². The fourth-order valence-electron chi connectivity index (χ4n) is 1.51. The van der Waals surface area contributed by atoms with Crippen molar-refractivity contribution in [3.8, 4) is 11.4 Å². The molecule has 0 unspecified atom stereocenters. The van der Waals surface area contributed by atoms with E-state index in [4.69, 9.17) is 10.5 Å². The largest absolute Gasteiger partial charge is 0.492 e. The SMILES string of the molecule is CN(C)CCOc1cc(N)cc(-n2cncn2)c1. The average Bonchev–Trinajstić information content (AvgIpc) is 2.81. The zero-order chi connectivity index (χ0) is 13.0. The normalized spacial score (nSPS) is 10.8. The van der Waals surface area contributed by atoms with Gasteiger partial charge in [-0.15, -0.1) is 0 Å². The fourth-order valence-corrected chi connectivity index (χ4v) is 1.51. The standard InChI is InChI=1S/C12H17N5O/c1-16(2)3-4-18-12-6-10(13)5-11(7-12)17-9-14-8-15-17/h5-9H,3-4,13H2,1-2H3. The molecule has 18 heavy (non-hydrogen) atoms. The van der Waals surface area contributed by atoms with Gasteiger partial charge in [0.15, 0.2) is 0 Å². The van der Waals surface area contributed by atoms with E-state index in [2.05, 4.69) is 15.0 Å². The molecule has 96 valence electrons. The van der Waals surface area contributed by atoms with Gasteiger partial charge in [0, 0.05) is 24.4 Å². The lowest BCUT2D eigenvalue weighted by atomic mass is 10.2. The maximum absolute atomic E-state index is 5.85. The molecule has 2 aromatic rings. The van der Waals surface area contributed by atoms with Crippen molar-refractivity contribution in [3.05, 3.63) is 30.9 Å². The van der Waals surface area contributed by atoms with Gasteiger partial charge in [-0.1, -0.05) is 0 Å². The number of benzene rings is 1. The molecule has 1 aromatic carbocycles. The summed E-state index contributed by atoms with van der Waals surface area (Å²) in [6.45, 7) is 1.47. The highest BCUT2D eigenvalue weighted by atomic mass is 16.5. The topological polar surface area (TPSA) is 69.2 Å². The summed E-state index contributed by atoms with van der Waals surface area (Å²) in [6.07, 6.45) is 3.11. The second kappa shape index (κ2) is 5.50. The van der Waals surface area contributed by atoms with Crippen LogP contribution in [0.4, 0.5) is 5.69 Å².